The summed E-state index contributed by atoms with van der Waals surface area (Å²) in [5.41, 5.74) is 4.33. The Bertz CT molecular complexity index is 958. The van der Waals surface area contributed by atoms with Gasteiger partial charge in [-0.2, -0.15) is 0 Å². The molecule has 0 fully saturated rings. The number of rotatable bonds is 5. The second-order valence-corrected chi connectivity index (χ2v) is 7.90. The number of amides is 1. The zero-order valence-corrected chi connectivity index (χ0v) is 17.3. The molecule has 134 valence electrons. The Kier molecular flexibility index (Phi) is 5.96. The average Bonchev–Trinajstić information content (AvgIpc) is 3.05. The van der Waals surface area contributed by atoms with Crippen LogP contribution in [0.5, 0.6) is 5.75 Å². The summed E-state index contributed by atoms with van der Waals surface area (Å²) in [4.78, 5) is 16.6. The Morgan fingerprint density at radius 1 is 1.23 bits per heavy atom. The number of nitrogens with zero attached hydrogens (tertiary/aromatic N) is 1. The third kappa shape index (κ3) is 4.63. The molecule has 0 aliphatic heterocycles. The largest absolute Gasteiger partial charge is 0.483 e. The molecular formula is C19H16BrClN2O2S. The van der Waals surface area contributed by atoms with Crippen molar-refractivity contribution in [1.82, 2.24) is 4.98 Å². The van der Waals surface area contributed by atoms with Gasteiger partial charge in [-0.05, 0) is 65.2 Å². The Morgan fingerprint density at radius 2 is 2.04 bits per heavy atom. The van der Waals surface area contributed by atoms with Crippen molar-refractivity contribution in [3.8, 4) is 17.0 Å². The first-order valence-electron chi connectivity index (χ1n) is 7.83. The fourth-order valence-electron chi connectivity index (χ4n) is 2.26. The van der Waals surface area contributed by atoms with Gasteiger partial charge in [0.15, 0.2) is 11.7 Å². The fraction of sp³-hybridized carbons (Fsp3) is 0.158. The van der Waals surface area contributed by atoms with Crippen molar-refractivity contribution >= 4 is 49.9 Å². The number of benzene rings is 2. The van der Waals surface area contributed by atoms with E-state index in [9.17, 15) is 4.79 Å². The first-order chi connectivity index (χ1) is 12.4. The number of anilines is 1. The molecule has 2 aromatic carbocycles. The number of aryl methyl sites for hydroxylation is 2. The Labute approximate surface area is 169 Å². The van der Waals surface area contributed by atoms with Gasteiger partial charge in [-0.15, -0.1) is 11.3 Å². The van der Waals surface area contributed by atoms with Gasteiger partial charge in [0.25, 0.3) is 5.91 Å². The lowest BCUT2D eigenvalue weighted by Gasteiger charge is -2.08. The zero-order valence-electron chi connectivity index (χ0n) is 14.2. The van der Waals surface area contributed by atoms with E-state index in [2.05, 4.69) is 52.2 Å². The lowest BCUT2D eigenvalue weighted by molar-refractivity contribution is -0.118. The molecule has 0 radical (unpaired) electrons. The van der Waals surface area contributed by atoms with Crippen LogP contribution in [0.1, 0.15) is 11.1 Å². The molecule has 0 aliphatic rings. The number of halogens is 2. The second-order valence-electron chi connectivity index (χ2n) is 5.75. The highest BCUT2D eigenvalue weighted by atomic mass is 79.9. The molecule has 0 bridgehead atoms. The molecule has 26 heavy (non-hydrogen) atoms. The van der Waals surface area contributed by atoms with Crippen LogP contribution in [-0.2, 0) is 4.79 Å². The lowest BCUT2D eigenvalue weighted by Crippen LogP contribution is -2.20. The van der Waals surface area contributed by atoms with Gasteiger partial charge in [0.05, 0.1) is 10.2 Å². The van der Waals surface area contributed by atoms with Crippen LogP contribution in [0.15, 0.2) is 46.3 Å². The molecule has 1 heterocycles. The number of carbonyl (C=O) groups is 1. The van der Waals surface area contributed by atoms with E-state index in [-0.39, 0.29) is 12.5 Å². The molecule has 3 aromatic rings. The maximum Gasteiger partial charge on any atom is 0.264 e. The highest BCUT2D eigenvalue weighted by Gasteiger charge is 2.10. The van der Waals surface area contributed by atoms with Gasteiger partial charge in [-0.3, -0.25) is 10.1 Å². The van der Waals surface area contributed by atoms with E-state index in [0.29, 0.717) is 20.4 Å². The summed E-state index contributed by atoms with van der Waals surface area (Å²) in [6.45, 7) is 4.03. The molecule has 1 aromatic heterocycles. The van der Waals surface area contributed by atoms with Gasteiger partial charge in [-0.1, -0.05) is 23.7 Å². The molecule has 4 nitrogen and oxygen atoms in total. The van der Waals surface area contributed by atoms with E-state index >= 15 is 0 Å². The van der Waals surface area contributed by atoms with Gasteiger partial charge in [-0.25, -0.2) is 4.98 Å². The third-order valence-electron chi connectivity index (χ3n) is 3.81. The number of aromatic nitrogens is 1. The summed E-state index contributed by atoms with van der Waals surface area (Å²) >= 11 is 10.6. The topological polar surface area (TPSA) is 51.2 Å². The molecule has 7 heteroatoms. The standard InChI is InChI=1S/C19H16BrClN2O2S/c1-11-3-4-13(7-12(11)2)16-10-26-19(22-16)23-18(24)9-25-17-6-5-14(21)8-15(17)20/h3-8,10H,9H2,1-2H3,(H,22,23,24). The van der Waals surface area contributed by atoms with Crippen LogP contribution in [0.2, 0.25) is 5.02 Å². The molecule has 3 rings (SSSR count). The van der Waals surface area contributed by atoms with Crippen LogP contribution in [-0.4, -0.2) is 17.5 Å². The first kappa shape index (κ1) is 18.9. The Hall–Kier alpha value is -1.89. The number of nitrogens with one attached hydrogen (secondary N) is 1. The number of ether oxygens (including phenoxy) is 1. The van der Waals surface area contributed by atoms with Gasteiger partial charge in [0.2, 0.25) is 0 Å². The number of hydrogen-bond acceptors (Lipinski definition) is 4. The predicted octanol–water partition coefficient (Wildman–Crippen LogP) is 5.86. The van der Waals surface area contributed by atoms with Crippen molar-refractivity contribution in [3.63, 3.8) is 0 Å². The molecule has 0 saturated carbocycles. The quantitative estimate of drug-likeness (QED) is 0.528. The smallest absolute Gasteiger partial charge is 0.264 e. The van der Waals surface area contributed by atoms with E-state index in [4.69, 9.17) is 16.3 Å². The van der Waals surface area contributed by atoms with Gasteiger partial charge < -0.3 is 4.74 Å². The van der Waals surface area contributed by atoms with E-state index in [1.54, 1.807) is 18.2 Å². The number of hydrogen-bond donors (Lipinski definition) is 1. The number of carbonyl (C=O) groups excluding carboxylic acids is 1. The van der Waals surface area contributed by atoms with Crippen molar-refractivity contribution in [2.45, 2.75) is 13.8 Å². The summed E-state index contributed by atoms with van der Waals surface area (Å²) in [6, 6.07) is 11.3. The van der Waals surface area contributed by atoms with E-state index in [1.165, 1.54) is 22.5 Å². The van der Waals surface area contributed by atoms with Crippen molar-refractivity contribution in [3.05, 3.63) is 62.4 Å². The van der Waals surface area contributed by atoms with E-state index < -0.39 is 0 Å². The SMILES string of the molecule is Cc1ccc(-c2csc(NC(=O)COc3ccc(Cl)cc3Br)n2)cc1C. The lowest BCUT2D eigenvalue weighted by atomic mass is 10.1. The summed E-state index contributed by atoms with van der Waals surface area (Å²) in [5, 5.41) is 5.82. The summed E-state index contributed by atoms with van der Waals surface area (Å²) in [5.74, 6) is 0.285. The zero-order chi connectivity index (χ0) is 18.7. The first-order valence-corrected chi connectivity index (χ1v) is 9.88. The molecule has 1 N–H and O–H groups in total. The van der Waals surface area contributed by atoms with Crippen LogP contribution >= 0.6 is 38.9 Å². The monoisotopic (exact) mass is 450 g/mol. The van der Waals surface area contributed by atoms with Gasteiger partial charge in [0, 0.05) is 16.0 Å². The minimum absolute atomic E-state index is 0.112. The highest BCUT2D eigenvalue weighted by Crippen LogP contribution is 2.28. The fourth-order valence-corrected chi connectivity index (χ4v) is 3.79. The van der Waals surface area contributed by atoms with Crippen molar-refractivity contribution < 1.29 is 9.53 Å². The molecule has 0 saturated heterocycles. The second kappa shape index (κ2) is 8.20. The van der Waals surface area contributed by atoms with E-state index in [1.807, 2.05) is 11.4 Å². The molecule has 1 amide bonds. The number of thiazole rings is 1. The van der Waals surface area contributed by atoms with Crippen LogP contribution in [0.4, 0.5) is 5.13 Å². The van der Waals surface area contributed by atoms with Crippen LogP contribution in [0.25, 0.3) is 11.3 Å². The summed E-state index contributed by atoms with van der Waals surface area (Å²) in [6.07, 6.45) is 0. The Balaban J connectivity index is 1.61. The normalized spacial score (nSPS) is 10.6. The average molecular weight is 452 g/mol. The van der Waals surface area contributed by atoms with Crippen molar-refractivity contribution in [1.29, 1.82) is 0 Å². The maximum atomic E-state index is 12.1. The van der Waals surface area contributed by atoms with Crippen LogP contribution in [0, 0.1) is 13.8 Å². The minimum atomic E-state index is -0.271. The van der Waals surface area contributed by atoms with Crippen LogP contribution < -0.4 is 10.1 Å². The highest BCUT2D eigenvalue weighted by molar-refractivity contribution is 9.10. The minimum Gasteiger partial charge on any atom is -0.483 e. The van der Waals surface area contributed by atoms with Crippen molar-refractivity contribution in [2.24, 2.45) is 0 Å². The molecule has 0 unspecified atom stereocenters. The van der Waals surface area contributed by atoms with Crippen molar-refractivity contribution in [2.75, 3.05) is 11.9 Å². The molecular weight excluding hydrogens is 436 g/mol. The summed E-state index contributed by atoms with van der Waals surface area (Å²) < 4.78 is 6.20. The maximum absolute atomic E-state index is 12.1. The summed E-state index contributed by atoms with van der Waals surface area (Å²) in [7, 11) is 0. The van der Waals surface area contributed by atoms with Gasteiger partial charge >= 0.3 is 0 Å². The predicted molar refractivity (Wildman–Crippen MR) is 110 cm³/mol. The molecule has 0 aliphatic carbocycles. The van der Waals surface area contributed by atoms with Gasteiger partial charge in [0.1, 0.15) is 5.75 Å². The van der Waals surface area contributed by atoms with Crippen LogP contribution in [0.3, 0.4) is 0 Å². The third-order valence-corrected chi connectivity index (χ3v) is 5.42. The molecule has 0 spiro atoms. The molecule has 0 atom stereocenters. The van der Waals surface area contributed by atoms with E-state index in [0.717, 1.165) is 11.3 Å². The Morgan fingerprint density at radius 3 is 2.77 bits per heavy atom.